The lowest BCUT2D eigenvalue weighted by Gasteiger charge is -2.17. The molecular weight excluding hydrogens is 304 g/mol. The maximum absolute atomic E-state index is 11.8. The number of rotatable bonds is 5. The number of methoxy groups -OCH3 is 1. The molecule has 0 heterocycles. The number of carbonyl (C=O) groups is 1. The van der Waals surface area contributed by atoms with Crippen LogP contribution < -0.4 is 4.90 Å². The van der Waals surface area contributed by atoms with Crippen LogP contribution in [0.15, 0.2) is 22.7 Å². The maximum atomic E-state index is 11.8. The lowest BCUT2D eigenvalue weighted by Crippen LogP contribution is -2.27. The van der Waals surface area contributed by atoms with E-state index in [1.165, 1.54) is 25.1 Å². The van der Waals surface area contributed by atoms with Gasteiger partial charge >= 0.3 is 0 Å². The van der Waals surface area contributed by atoms with Gasteiger partial charge in [0.05, 0.1) is 18.0 Å². The van der Waals surface area contributed by atoms with E-state index in [1.54, 1.807) is 12.1 Å². The van der Waals surface area contributed by atoms with Crippen molar-refractivity contribution in [2.75, 3.05) is 25.7 Å². The number of benzene rings is 1. The quantitative estimate of drug-likeness (QED) is 0.617. The van der Waals surface area contributed by atoms with Gasteiger partial charge in [-0.3, -0.25) is 14.9 Å². The minimum absolute atomic E-state index is 0.105. The predicted octanol–water partition coefficient (Wildman–Crippen LogP) is 2.36. The molecule has 0 aromatic heterocycles. The molecule has 98 valence electrons. The van der Waals surface area contributed by atoms with Crippen LogP contribution in [0.3, 0.4) is 0 Å². The van der Waals surface area contributed by atoms with Crippen LogP contribution in [0.2, 0.25) is 0 Å². The number of ether oxygens (including phenoxy) is 1. The fourth-order valence-corrected chi connectivity index (χ4v) is 1.76. The summed E-state index contributed by atoms with van der Waals surface area (Å²) in [5.41, 5.74) is 0.155. The minimum Gasteiger partial charge on any atom is -0.384 e. The van der Waals surface area contributed by atoms with Gasteiger partial charge in [0, 0.05) is 24.7 Å². The summed E-state index contributed by atoms with van der Waals surface area (Å²) in [7, 11) is 3.00. The molecule has 1 amide bonds. The Balaban J connectivity index is 3.03. The first kappa shape index (κ1) is 14.6. The number of anilines is 1. The van der Waals surface area contributed by atoms with Crippen molar-refractivity contribution in [1.29, 1.82) is 0 Å². The van der Waals surface area contributed by atoms with Gasteiger partial charge in [-0.25, -0.2) is 0 Å². The Morgan fingerprint density at radius 1 is 1.56 bits per heavy atom. The van der Waals surface area contributed by atoms with Gasteiger partial charge in [0.25, 0.3) is 5.69 Å². The molecule has 1 aromatic carbocycles. The highest BCUT2D eigenvalue weighted by atomic mass is 79.9. The van der Waals surface area contributed by atoms with Crippen molar-refractivity contribution in [1.82, 2.24) is 0 Å². The fraction of sp³-hybridized carbons (Fsp3) is 0.364. The van der Waals surface area contributed by atoms with Crippen molar-refractivity contribution in [3.63, 3.8) is 0 Å². The molecule has 0 unspecified atom stereocenters. The third-order valence-electron chi connectivity index (χ3n) is 2.39. The lowest BCUT2D eigenvalue weighted by molar-refractivity contribution is -0.384. The number of nitro benzene ring substituents is 1. The van der Waals surface area contributed by atoms with E-state index in [0.717, 1.165) is 0 Å². The predicted molar refractivity (Wildman–Crippen MR) is 70.7 cm³/mol. The summed E-state index contributed by atoms with van der Waals surface area (Å²) in [4.78, 5) is 23.5. The summed E-state index contributed by atoms with van der Waals surface area (Å²) < 4.78 is 5.48. The van der Waals surface area contributed by atoms with E-state index in [2.05, 4.69) is 15.9 Å². The Kier molecular flexibility index (Phi) is 5.24. The average molecular weight is 317 g/mol. The van der Waals surface area contributed by atoms with Crippen LogP contribution in [0.25, 0.3) is 0 Å². The van der Waals surface area contributed by atoms with Crippen LogP contribution in [0, 0.1) is 10.1 Å². The van der Waals surface area contributed by atoms with Gasteiger partial charge in [0.1, 0.15) is 5.69 Å². The molecule has 7 heteroatoms. The molecule has 0 aliphatic carbocycles. The number of nitrogens with zero attached hydrogens (tertiary/aromatic N) is 2. The second kappa shape index (κ2) is 6.46. The third-order valence-corrected chi connectivity index (χ3v) is 2.88. The number of amides is 1. The summed E-state index contributed by atoms with van der Waals surface area (Å²) in [6.07, 6.45) is 0.177. The Hall–Kier alpha value is -1.47. The summed E-state index contributed by atoms with van der Waals surface area (Å²) in [5, 5.41) is 10.9. The van der Waals surface area contributed by atoms with E-state index >= 15 is 0 Å². The molecule has 0 N–H and O–H groups in total. The SMILES string of the molecule is COCCC(=O)N(C)c1cc(Br)ccc1[N+](=O)[O-]. The van der Waals surface area contributed by atoms with Crippen molar-refractivity contribution in [3.8, 4) is 0 Å². The van der Waals surface area contributed by atoms with Gasteiger partial charge < -0.3 is 9.64 Å². The summed E-state index contributed by atoms with van der Waals surface area (Å²) >= 11 is 3.23. The molecule has 0 radical (unpaired) electrons. The topological polar surface area (TPSA) is 72.7 Å². The molecule has 1 rings (SSSR count). The van der Waals surface area contributed by atoms with Crippen molar-refractivity contribution < 1.29 is 14.5 Å². The maximum Gasteiger partial charge on any atom is 0.293 e. The molecule has 0 fully saturated rings. The molecule has 0 saturated carbocycles. The molecule has 18 heavy (non-hydrogen) atoms. The summed E-state index contributed by atoms with van der Waals surface area (Å²) in [6.45, 7) is 0.283. The molecule has 0 aliphatic rings. The highest BCUT2D eigenvalue weighted by Crippen LogP contribution is 2.30. The van der Waals surface area contributed by atoms with E-state index in [4.69, 9.17) is 4.74 Å². The van der Waals surface area contributed by atoms with Crippen LogP contribution in [-0.2, 0) is 9.53 Å². The first-order chi connectivity index (χ1) is 8.47. The first-order valence-corrected chi connectivity index (χ1v) is 5.96. The lowest BCUT2D eigenvalue weighted by atomic mass is 10.2. The van der Waals surface area contributed by atoms with Crippen molar-refractivity contribution in [3.05, 3.63) is 32.8 Å². The Morgan fingerprint density at radius 2 is 2.22 bits per heavy atom. The van der Waals surface area contributed by atoms with Crippen LogP contribution in [0.1, 0.15) is 6.42 Å². The van der Waals surface area contributed by atoms with Crippen LogP contribution in [0.4, 0.5) is 11.4 Å². The van der Waals surface area contributed by atoms with Gasteiger partial charge in [-0.05, 0) is 12.1 Å². The molecular formula is C11H13BrN2O4. The normalized spacial score (nSPS) is 10.2. The number of carbonyl (C=O) groups excluding carboxylic acids is 1. The average Bonchev–Trinajstić information content (AvgIpc) is 2.34. The van der Waals surface area contributed by atoms with Crippen molar-refractivity contribution >= 4 is 33.2 Å². The van der Waals surface area contributed by atoms with Gasteiger partial charge in [0.15, 0.2) is 0 Å². The number of halogens is 1. The zero-order valence-corrected chi connectivity index (χ0v) is 11.6. The van der Waals surface area contributed by atoms with E-state index < -0.39 is 4.92 Å². The molecule has 0 aliphatic heterocycles. The fourth-order valence-electron chi connectivity index (χ4n) is 1.41. The van der Waals surface area contributed by atoms with E-state index in [-0.39, 0.29) is 30.3 Å². The molecule has 0 spiro atoms. The molecule has 6 nitrogen and oxygen atoms in total. The molecule has 1 aromatic rings. The Bertz CT molecular complexity index is 464. The zero-order chi connectivity index (χ0) is 13.7. The first-order valence-electron chi connectivity index (χ1n) is 5.16. The number of nitro groups is 1. The smallest absolute Gasteiger partial charge is 0.293 e. The van der Waals surface area contributed by atoms with Crippen LogP contribution >= 0.6 is 15.9 Å². The second-order valence-corrected chi connectivity index (χ2v) is 4.50. The van der Waals surface area contributed by atoms with Crippen molar-refractivity contribution in [2.24, 2.45) is 0 Å². The molecule has 0 bridgehead atoms. The zero-order valence-electron chi connectivity index (χ0n) is 10.1. The summed E-state index contributed by atoms with van der Waals surface area (Å²) in [6, 6.07) is 4.47. The number of hydrogen-bond acceptors (Lipinski definition) is 4. The Morgan fingerprint density at radius 3 is 2.78 bits per heavy atom. The van der Waals surface area contributed by atoms with Gasteiger partial charge in [-0.1, -0.05) is 15.9 Å². The highest BCUT2D eigenvalue weighted by molar-refractivity contribution is 9.10. The highest BCUT2D eigenvalue weighted by Gasteiger charge is 2.21. The van der Waals surface area contributed by atoms with E-state index in [9.17, 15) is 14.9 Å². The largest absolute Gasteiger partial charge is 0.384 e. The van der Waals surface area contributed by atoms with E-state index in [0.29, 0.717) is 4.47 Å². The third kappa shape index (κ3) is 3.51. The number of hydrogen-bond donors (Lipinski definition) is 0. The van der Waals surface area contributed by atoms with Gasteiger partial charge in [0.2, 0.25) is 5.91 Å². The minimum atomic E-state index is -0.512. The van der Waals surface area contributed by atoms with Gasteiger partial charge in [-0.15, -0.1) is 0 Å². The standard InChI is InChI=1S/C11H13BrN2O4/c1-13(11(15)5-6-18-2)10-7-8(12)3-4-9(10)14(16)17/h3-4,7H,5-6H2,1-2H3. The Labute approximate surface area is 113 Å². The van der Waals surface area contributed by atoms with E-state index in [1.807, 2.05) is 0 Å². The van der Waals surface area contributed by atoms with Gasteiger partial charge in [-0.2, -0.15) is 0 Å². The van der Waals surface area contributed by atoms with Crippen LogP contribution in [0.5, 0.6) is 0 Å². The summed E-state index contributed by atoms with van der Waals surface area (Å²) in [5.74, 6) is -0.238. The molecule has 0 atom stereocenters. The van der Waals surface area contributed by atoms with Crippen molar-refractivity contribution in [2.45, 2.75) is 6.42 Å². The second-order valence-electron chi connectivity index (χ2n) is 3.59. The van der Waals surface area contributed by atoms with Crippen LogP contribution in [-0.4, -0.2) is 31.6 Å². The molecule has 0 saturated heterocycles. The monoisotopic (exact) mass is 316 g/mol.